The zero-order valence-electron chi connectivity index (χ0n) is 14.4. The second-order valence-corrected chi connectivity index (χ2v) is 9.98. The smallest absolute Gasteiger partial charge is 0.251 e. The molecule has 1 saturated heterocycles. The molecule has 0 radical (unpaired) electrons. The average Bonchev–Trinajstić information content (AvgIpc) is 3.09. The molecule has 1 aliphatic carbocycles. The van der Waals surface area contributed by atoms with Gasteiger partial charge in [0.05, 0.1) is 11.8 Å². The maximum Gasteiger partial charge on any atom is 0.251 e. The third-order valence-corrected chi connectivity index (χ3v) is 7.39. The number of hydrogen-bond donors (Lipinski definition) is 2. The number of carbonyl (C=O) groups is 2. The molecule has 7 nitrogen and oxygen atoms in total. The van der Waals surface area contributed by atoms with Crippen LogP contribution in [0.3, 0.4) is 0 Å². The highest BCUT2D eigenvalue weighted by atomic mass is 32.2. The number of amides is 2. The molecule has 3 N–H and O–H groups in total. The Balaban J connectivity index is 1.88. The van der Waals surface area contributed by atoms with Crippen LogP contribution in [0.5, 0.6) is 0 Å². The Morgan fingerprint density at radius 3 is 2.68 bits per heavy atom. The Labute approximate surface area is 151 Å². The van der Waals surface area contributed by atoms with Gasteiger partial charge in [-0.25, -0.2) is 8.42 Å². The Morgan fingerprint density at radius 1 is 1.32 bits per heavy atom. The molecule has 2 unspecified atom stereocenters. The van der Waals surface area contributed by atoms with E-state index < -0.39 is 27.9 Å². The molecule has 25 heavy (non-hydrogen) atoms. The summed E-state index contributed by atoms with van der Waals surface area (Å²) in [6.07, 6.45) is 4.87. The van der Waals surface area contributed by atoms with Gasteiger partial charge in [0, 0.05) is 11.4 Å². The molecule has 1 fully saturated rings. The van der Waals surface area contributed by atoms with Crippen molar-refractivity contribution in [3.63, 3.8) is 0 Å². The van der Waals surface area contributed by atoms with Gasteiger partial charge in [-0.3, -0.25) is 9.59 Å². The van der Waals surface area contributed by atoms with Crippen molar-refractivity contribution < 1.29 is 18.0 Å². The molecule has 2 amide bonds. The number of fused-ring (bicyclic) bond motifs is 1. The van der Waals surface area contributed by atoms with E-state index in [4.69, 9.17) is 5.73 Å². The number of sulfonamides is 1. The van der Waals surface area contributed by atoms with E-state index in [1.165, 1.54) is 15.6 Å². The third kappa shape index (κ3) is 3.58. The molecule has 2 atom stereocenters. The van der Waals surface area contributed by atoms with Crippen LogP contribution in [0.25, 0.3) is 0 Å². The number of nitrogens with one attached hydrogen (secondary N) is 1. The minimum absolute atomic E-state index is 0.345. The molecule has 0 bridgehead atoms. The van der Waals surface area contributed by atoms with Gasteiger partial charge in [-0.15, -0.1) is 11.3 Å². The highest BCUT2D eigenvalue weighted by Crippen LogP contribution is 2.39. The fraction of sp³-hybridized carbons (Fsp3) is 0.625. The van der Waals surface area contributed by atoms with Crippen molar-refractivity contribution in [2.24, 2.45) is 11.7 Å². The minimum atomic E-state index is -3.44. The summed E-state index contributed by atoms with van der Waals surface area (Å²) in [6, 6.07) is -0.728. The molecule has 0 spiro atoms. The largest absolute Gasteiger partial charge is 0.365 e. The number of nitrogens with two attached hydrogens (primary N) is 1. The fourth-order valence-corrected chi connectivity index (χ4v) is 6.24. The van der Waals surface area contributed by atoms with Gasteiger partial charge in [-0.2, -0.15) is 4.31 Å². The van der Waals surface area contributed by atoms with Crippen LogP contribution in [0.2, 0.25) is 0 Å². The van der Waals surface area contributed by atoms with Crippen LogP contribution < -0.4 is 11.1 Å². The van der Waals surface area contributed by atoms with Gasteiger partial charge in [0.25, 0.3) is 5.91 Å². The van der Waals surface area contributed by atoms with Gasteiger partial charge < -0.3 is 11.1 Å². The van der Waals surface area contributed by atoms with Gasteiger partial charge in [0.1, 0.15) is 11.0 Å². The van der Waals surface area contributed by atoms with E-state index in [-0.39, 0.29) is 0 Å². The number of thiophene rings is 1. The van der Waals surface area contributed by atoms with Crippen molar-refractivity contribution >= 4 is 38.2 Å². The predicted octanol–water partition coefficient (Wildman–Crippen LogP) is 1.33. The third-order valence-electron chi connectivity index (χ3n) is 4.93. The number of hydrogen-bond acceptors (Lipinski definition) is 5. The number of rotatable bonds is 4. The normalized spacial score (nSPS) is 24.1. The van der Waals surface area contributed by atoms with E-state index >= 15 is 0 Å². The molecule has 1 aromatic rings. The molecule has 2 heterocycles. The van der Waals surface area contributed by atoms with E-state index in [1.54, 1.807) is 0 Å². The van der Waals surface area contributed by atoms with Crippen molar-refractivity contribution in [2.45, 2.75) is 45.1 Å². The Bertz CT molecular complexity index is 816. The molecule has 0 saturated carbocycles. The Kier molecular flexibility index (Phi) is 4.91. The van der Waals surface area contributed by atoms with Gasteiger partial charge >= 0.3 is 0 Å². The van der Waals surface area contributed by atoms with Crippen molar-refractivity contribution in [1.82, 2.24) is 4.31 Å². The van der Waals surface area contributed by atoms with E-state index in [2.05, 4.69) is 12.2 Å². The molecule has 138 valence electrons. The summed E-state index contributed by atoms with van der Waals surface area (Å²) < 4.78 is 24.9. The van der Waals surface area contributed by atoms with Crippen molar-refractivity contribution in [1.29, 1.82) is 0 Å². The lowest BCUT2D eigenvalue weighted by molar-refractivity contribution is -0.119. The highest BCUT2D eigenvalue weighted by Gasteiger charge is 2.37. The SMILES string of the molecule is CC1CCc2c(sc(NC(=O)C3CCCN3S(C)(=O)=O)c2C(N)=O)C1. The predicted molar refractivity (Wildman–Crippen MR) is 97.2 cm³/mol. The van der Waals surface area contributed by atoms with Crippen LogP contribution in [0.1, 0.15) is 47.0 Å². The number of primary amides is 1. The van der Waals surface area contributed by atoms with Gasteiger partial charge in [0.15, 0.2) is 0 Å². The van der Waals surface area contributed by atoms with Crippen molar-refractivity contribution in [3.05, 3.63) is 16.0 Å². The van der Waals surface area contributed by atoms with Crippen molar-refractivity contribution in [3.8, 4) is 0 Å². The fourth-order valence-electron chi connectivity index (χ4n) is 3.69. The summed E-state index contributed by atoms with van der Waals surface area (Å²) in [7, 11) is -3.44. The second kappa shape index (κ2) is 6.69. The molecule has 0 aromatic carbocycles. The van der Waals surface area contributed by atoms with Crippen LogP contribution in [0.15, 0.2) is 0 Å². The summed E-state index contributed by atoms with van der Waals surface area (Å²) in [5.41, 5.74) is 6.89. The quantitative estimate of drug-likeness (QED) is 0.815. The van der Waals surface area contributed by atoms with E-state index in [0.29, 0.717) is 35.9 Å². The first kappa shape index (κ1) is 18.3. The summed E-state index contributed by atoms with van der Waals surface area (Å²) in [5.74, 6) is -0.406. The van der Waals surface area contributed by atoms with Crippen molar-refractivity contribution in [2.75, 3.05) is 18.1 Å². The lowest BCUT2D eigenvalue weighted by Gasteiger charge is -2.21. The topological polar surface area (TPSA) is 110 Å². The monoisotopic (exact) mass is 385 g/mol. The molecule has 2 aliphatic rings. The Hall–Kier alpha value is -1.45. The summed E-state index contributed by atoms with van der Waals surface area (Å²) >= 11 is 1.39. The van der Waals surface area contributed by atoms with Crippen LogP contribution in [-0.4, -0.2) is 43.4 Å². The molecular weight excluding hydrogens is 362 g/mol. The molecular formula is C16H23N3O4S2. The van der Waals surface area contributed by atoms with Crippen LogP contribution in [-0.2, 0) is 27.7 Å². The number of carbonyl (C=O) groups excluding carboxylic acids is 2. The lowest BCUT2D eigenvalue weighted by Crippen LogP contribution is -2.42. The van der Waals surface area contributed by atoms with Gasteiger partial charge in [0.2, 0.25) is 15.9 Å². The first-order valence-corrected chi connectivity index (χ1v) is 11.1. The minimum Gasteiger partial charge on any atom is -0.365 e. The maximum absolute atomic E-state index is 12.7. The zero-order valence-corrected chi connectivity index (χ0v) is 16.0. The van der Waals surface area contributed by atoms with E-state index in [0.717, 1.165) is 36.0 Å². The average molecular weight is 386 g/mol. The first-order valence-electron chi connectivity index (χ1n) is 8.40. The molecule has 9 heteroatoms. The lowest BCUT2D eigenvalue weighted by atomic mass is 9.88. The second-order valence-electron chi connectivity index (χ2n) is 6.94. The summed E-state index contributed by atoms with van der Waals surface area (Å²) in [6.45, 7) is 2.51. The summed E-state index contributed by atoms with van der Waals surface area (Å²) in [4.78, 5) is 25.7. The van der Waals surface area contributed by atoms with Gasteiger partial charge in [-0.05, 0) is 43.6 Å². The molecule has 1 aliphatic heterocycles. The maximum atomic E-state index is 12.7. The number of anilines is 1. The zero-order chi connectivity index (χ0) is 18.4. The van der Waals surface area contributed by atoms with E-state index in [9.17, 15) is 18.0 Å². The summed E-state index contributed by atoms with van der Waals surface area (Å²) in [5, 5.41) is 3.24. The Morgan fingerprint density at radius 2 is 2.04 bits per heavy atom. The first-order chi connectivity index (χ1) is 11.7. The molecule has 1 aromatic heterocycles. The molecule has 3 rings (SSSR count). The highest BCUT2D eigenvalue weighted by molar-refractivity contribution is 7.88. The number of nitrogens with zero attached hydrogens (tertiary/aromatic N) is 1. The van der Waals surface area contributed by atoms with Crippen LogP contribution >= 0.6 is 11.3 Å². The van der Waals surface area contributed by atoms with Gasteiger partial charge in [-0.1, -0.05) is 6.92 Å². The van der Waals surface area contributed by atoms with E-state index in [1.807, 2.05) is 0 Å². The standard InChI is InChI=1S/C16H23N3O4S2/c1-9-5-6-10-12(8-9)24-16(13(10)14(17)20)18-15(21)11-4-3-7-19(11)25(2,22)23/h9,11H,3-8H2,1-2H3,(H2,17,20)(H,18,21). The van der Waals surface area contributed by atoms with Crippen LogP contribution in [0.4, 0.5) is 5.00 Å². The van der Waals surface area contributed by atoms with Crippen LogP contribution in [0, 0.1) is 5.92 Å².